The van der Waals surface area contributed by atoms with Gasteiger partial charge in [-0.3, -0.25) is 19.4 Å². The Kier molecular flexibility index (Phi) is 7.36. The van der Waals surface area contributed by atoms with Crippen molar-refractivity contribution >= 4 is 23.4 Å². The van der Waals surface area contributed by atoms with Crippen molar-refractivity contribution in [2.45, 2.75) is 44.4 Å². The van der Waals surface area contributed by atoms with E-state index < -0.39 is 12.2 Å². The predicted molar refractivity (Wildman–Crippen MR) is 155 cm³/mol. The number of carbonyl (C=O) groups excluding carboxylic acids is 3. The van der Waals surface area contributed by atoms with Crippen molar-refractivity contribution in [2.75, 3.05) is 32.0 Å². The number of nitrogens with zero attached hydrogens (tertiary/aromatic N) is 4. The predicted octanol–water partition coefficient (Wildman–Crippen LogP) is 2.79. The summed E-state index contributed by atoms with van der Waals surface area (Å²) in [4.78, 5) is 44.8. The van der Waals surface area contributed by atoms with Crippen molar-refractivity contribution < 1.29 is 19.5 Å². The number of fused-ring (bicyclic) bond motifs is 2. The van der Waals surface area contributed by atoms with Gasteiger partial charge in [-0.2, -0.15) is 0 Å². The third-order valence-corrected chi connectivity index (χ3v) is 8.33. The average Bonchev–Trinajstić information content (AvgIpc) is 3.46. The number of aryl methyl sites for hydroxylation is 1. The van der Waals surface area contributed by atoms with E-state index >= 15 is 0 Å². The van der Waals surface area contributed by atoms with Crippen LogP contribution >= 0.6 is 0 Å². The largest absolute Gasteiger partial charge is 0.508 e. The third-order valence-electron chi connectivity index (χ3n) is 8.33. The van der Waals surface area contributed by atoms with Crippen LogP contribution in [-0.2, 0) is 40.2 Å². The Balaban J connectivity index is 1.32. The van der Waals surface area contributed by atoms with Crippen LogP contribution in [0.4, 0.5) is 5.69 Å². The molecule has 2 saturated heterocycles. The molecule has 9 nitrogen and oxygen atoms in total. The van der Waals surface area contributed by atoms with E-state index in [1.807, 2.05) is 42.5 Å². The number of amides is 3. The minimum absolute atomic E-state index is 0.0169. The van der Waals surface area contributed by atoms with Crippen LogP contribution in [0.5, 0.6) is 5.75 Å². The quantitative estimate of drug-likeness (QED) is 0.467. The van der Waals surface area contributed by atoms with Gasteiger partial charge in [0, 0.05) is 38.7 Å². The molecule has 3 aliphatic rings. The van der Waals surface area contributed by atoms with Gasteiger partial charge in [-0.05, 0) is 47.2 Å². The fourth-order valence-corrected chi connectivity index (χ4v) is 6.33. The molecule has 0 aliphatic carbocycles. The SMILES string of the molecule is CN1CC(=O)N2C(CN(Cc3cccc4c3NCC4)C(=O)[C@@H]2Cc2ccc(O)cc2)N1C(=O)CCc1ccccc1. The maximum absolute atomic E-state index is 14.1. The zero-order valence-corrected chi connectivity index (χ0v) is 23.2. The van der Waals surface area contributed by atoms with E-state index in [1.54, 1.807) is 51.1 Å². The minimum Gasteiger partial charge on any atom is -0.508 e. The Morgan fingerprint density at radius 3 is 2.54 bits per heavy atom. The Labute approximate surface area is 239 Å². The second-order valence-corrected chi connectivity index (χ2v) is 11.1. The van der Waals surface area contributed by atoms with Gasteiger partial charge >= 0.3 is 0 Å². The molecule has 0 spiro atoms. The molecule has 3 amide bonds. The highest BCUT2D eigenvalue weighted by Crippen LogP contribution is 2.32. The summed E-state index contributed by atoms with van der Waals surface area (Å²) >= 11 is 0. The molecule has 2 N–H and O–H groups in total. The van der Waals surface area contributed by atoms with Gasteiger partial charge in [-0.25, -0.2) is 5.01 Å². The number of benzene rings is 3. The molecule has 6 rings (SSSR count). The normalized spacial score (nSPS) is 20.6. The van der Waals surface area contributed by atoms with Crippen LogP contribution in [0.1, 0.15) is 28.7 Å². The second kappa shape index (κ2) is 11.2. The van der Waals surface area contributed by atoms with Crippen LogP contribution in [0.2, 0.25) is 0 Å². The lowest BCUT2D eigenvalue weighted by atomic mass is 9.97. The summed E-state index contributed by atoms with van der Waals surface area (Å²) in [6.07, 6.45) is 1.50. The average molecular weight is 554 g/mol. The van der Waals surface area contributed by atoms with E-state index in [9.17, 15) is 19.5 Å². The summed E-state index contributed by atoms with van der Waals surface area (Å²) in [5.74, 6) is -0.263. The van der Waals surface area contributed by atoms with E-state index in [-0.39, 0.29) is 36.6 Å². The summed E-state index contributed by atoms with van der Waals surface area (Å²) < 4.78 is 0. The van der Waals surface area contributed by atoms with Crippen molar-refractivity contribution in [3.05, 3.63) is 95.1 Å². The number of carbonyl (C=O) groups is 3. The summed E-state index contributed by atoms with van der Waals surface area (Å²) in [5, 5.41) is 16.6. The Bertz CT molecular complexity index is 1440. The number of hydrogen-bond acceptors (Lipinski definition) is 6. The minimum atomic E-state index is -0.770. The standard InChI is InChI=1S/C32H35N5O4/c1-34-21-30(40)36-27(18-23-10-13-26(38)14-11-23)32(41)35(19-25-9-5-8-24-16-17-33-31(24)25)20-28(36)37(34)29(39)15-12-22-6-3-2-4-7-22/h2-11,13-14,27-28,33,38H,12,15-21H2,1H3/t27-,28?/m0/s1. The molecule has 0 saturated carbocycles. The van der Waals surface area contributed by atoms with Crippen molar-refractivity contribution in [1.82, 2.24) is 19.8 Å². The molecule has 3 aromatic carbocycles. The number of nitrogens with one attached hydrogen (secondary N) is 1. The van der Waals surface area contributed by atoms with Crippen LogP contribution in [0, 0.1) is 0 Å². The summed E-state index contributed by atoms with van der Waals surface area (Å²) in [5.41, 5.74) is 5.25. The number of likely N-dealkylation sites (N-methyl/N-ethyl adjacent to an activating group) is 1. The van der Waals surface area contributed by atoms with E-state index in [0.717, 1.165) is 35.3 Å². The topological polar surface area (TPSA) is 96.4 Å². The van der Waals surface area contributed by atoms with E-state index in [2.05, 4.69) is 11.4 Å². The first-order valence-corrected chi connectivity index (χ1v) is 14.2. The zero-order valence-electron chi connectivity index (χ0n) is 23.2. The van der Waals surface area contributed by atoms with E-state index in [4.69, 9.17) is 0 Å². The Morgan fingerprint density at radius 1 is 0.976 bits per heavy atom. The molecule has 2 fully saturated rings. The van der Waals surface area contributed by atoms with E-state index in [1.165, 1.54) is 5.56 Å². The molecule has 2 atom stereocenters. The molecular weight excluding hydrogens is 518 g/mol. The smallest absolute Gasteiger partial charge is 0.246 e. The third kappa shape index (κ3) is 5.37. The molecule has 3 aliphatic heterocycles. The number of phenolic OH excluding ortho intramolecular Hbond substituents is 1. The molecule has 9 heteroatoms. The van der Waals surface area contributed by atoms with Gasteiger partial charge in [-0.15, -0.1) is 0 Å². The van der Waals surface area contributed by atoms with Gasteiger partial charge in [-0.1, -0.05) is 60.7 Å². The maximum Gasteiger partial charge on any atom is 0.246 e. The second-order valence-electron chi connectivity index (χ2n) is 11.1. The van der Waals surface area contributed by atoms with Gasteiger partial charge < -0.3 is 20.2 Å². The van der Waals surface area contributed by atoms with Crippen LogP contribution in [0.25, 0.3) is 0 Å². The van der Waals surface area contributed by atoms with Crippen LogP contribution < -0.4 is 5.32 Å². The molecule has 3 heterocycles. The van der Waals surface area contributed by atoms with Crippen molar-refractivity contribution in [1.29, 1.82) is 0 Å². The first kappa shape index (κ1) is 26.8. The molecule has 1 unspecified atom stereocenters. The number of para-hydroxylation sites is 1. The number of phenols is 1. The van der Waals surface area contributed by atoms with Crippen molar-refractivity contribution in [3.63, 3.8) is 0 Å². The van der Waals surface area contributed by atoms with Gasteiger partial charge in [0.15, 0.2) is 0 Å². The lowest BCUT2D eigenvalue weighted by Gasteiger charge is -2.54. The number of piperazine rings is 1. The number of anilines is 1. The lowest BCUT2D eigenvalue weighted by Crippen LogP contribution is -2.75. The lowest BCUT2D eigenvalue weighted by molar-refractivity contribution is -0.202. The Hall–Kier alpha value is -4.37. The number of hydrazine groups is 1. The summed E-state index contributed by atoms with van der Waals surface area (Å²) in [6.45, 7) is 1.49. The first-order valence-electron chi connectivity index (χ1n) is 14.2. The van der Waals surface area contributed by atoms with E-state index in [0.29, 0.717) is 25.8 Å². The van der Waals surface area contributed by atoms with Crippen molar-refractivity contribution in [2.24, 2.45) is 0 Å². The van der Waals surface area contributed by atoms with Crippen molar-refractivity contribution in [3.8, 4) is 5.75 Å². The molecule has 3 aromatic rings. The molecule has 212 valence electrons. The fraction of sp³-hybridized carbons (Fsp3) is 0.344. The fourth-order valence-electron chi connectivity index (χ4n) is 6.33. The highest BCUT2D eigenvalue weighted by molar-refractivity contribution is 5.92. The van der Waals surface area contributed by atoms with Gasteiger partial charge in [0.1, 0.15) is 18.0 Å². The molecule has 0 aromatic heterocycles. The number of aromatic hydroxyl groups is 1. The van der Waals surface area contributed by atoms with Crippen LogP contribution in [0.15, 0.2) is 72.8 Å². The Morgan fingerprint density at radius 2 is 1.76 bits per heavy atom. The summed E-state index contributed by atoms with van der Waals surface area (Å²) in [6, 6.07) is 22.0. The molecule has 0 radical (unpaired) electrons. The van der Waals surface area contributed by atoms with Gasteiger partial charge in [0.25, 0.3) is 0 Å². The first-order chi connectivity index (χ1) is 19.9. The number of rotatable bonds is 7. The maximum atomic E-state index is 14.1. The zero-order chi connectivity index (χ0) is 28.5. The van der Waals surface area contributed by atoms with Crippen LogP contribution in [-0.4, -0.2) is 81.5 Å². The highest BCUT2D eigenvalue weighted by atomic mass is 16.3. The van der Waals surface area contributed by atoms with Gasteiger partial charge in [0.05, 0.1) is 13.1 Å². The number of hydrogen-bond donors (Lipinski definition) is 2. The highest BCUT2D eigenvalue weighted by Gasteiger charge is 2.50. The van der Waals surface area contributed by atoms with Gasteiger partial charge in [0.2, 0.25) is 17.7 Å². The monoisotopic (exact) mass is 553 g/mol. The molecular formula is C32H35N5O4. The summed E-state index contributed by atoms with van der Waals surface area (Å²) in [7, 11) is 1.76. The van der Waals surface area contributed by atoms with Crippen LogP contribution in [0.3, 0.4) is 0 Å². The molecule has 41 heavy (non-hydrogen) atoms. The molecule has 0 bridgehead atoms.